The number of hydrogen-bond acceptors (Lipinski definition) is 5. The van der Waals surface area contributed by atoms with Crippen molar-refractivity contribution in [1.82, 2.24) is 10.2 Å². The lowest BCUT2D eigenvalue weighted by Gasteiger charge is -2.18. The van der Waals surface area contributed by atoms with E-state index in [9.17, 15) is 5.11 Å². The SMILES string of the molecule is CNCC(O)c1ccc(OC)c(OC2CCN(C)C2)c1. The molecule has 20 heavy (non-hydrogen) atoms. The molecule has 1 heterocycles. The Labute approximate surface area is 120 Å². The second-order valence-corrected chi connectivity index (χ2v) is 5.27. The van der Waals surface area contributed by atoms with Crippen LogP contribution in [-0.2, 0) is 0 Å². The standard InChI is InChI=1S/C15H24N2O3/c1-16-9-13(18)11-4-5-14(19-3)15(8-11)20-12-6-7-17(2)10-12/h4-5,8,12-13,16,18H,6-7,9-10H2,1-3H3. The van der Waals surface area contributed by atoms with Gasteiger partial charge in [0.2, 0.25) is 0 Å². The van der Waals surface area contributed by atoms with Gasteiger partial charge in [-0.1, -0.05) is 6.07 Å². The predicted octanol–water partition coefficient (Wildman–Crippen LogP) is 1.03. The normalized spacial score (nSPS) is 20.9. The Hall–Kier alpha value is -1.30. The third-order valence-corrected chi connectivity index (χ3v) is 3.61. The molecule has 1 aromatic rings. The highest BCUT2D eigenvalue weighted by Gasteiger charge is 2.22. The van der Waals surface area contributed by atoms with Crippen LogP contribution in [0.2, 0.25) is 0 Å². The van der Waals surface area contributed by atoms with Crippen LogP contribution in [0.25, 0.3) is 0 Å². The van der Waals surface area contributed by atoms with Crippen molar-refractivity contribution in [3.05, 3.63) is 23.8 Å². The number of methoxy groups -OCH3 is 1. The lowest BCUT2D eigenvalue weighted by Crippen LogP contribution is -2.22. The molecule has 0 spiro atoms. The van der Waals surface area contributed by atoms with Crippen LogP contribution < -0.4 is 14.8 Å². The van der Waals surface area contributed by atoms with Gasteiger partial charge in [0.05, 0.1) is 13.2 Å². The molecule has 1 aliphatic rings. The van der Waals surface area contributed by atoms with Gasteiger partial charge in [-0.2, -0.15) is 0 Å². The predicted molar refractivity (Wildman–Crippen MR) is 78.4 cm³/mol. The van der Waals surface area contributed by atoms with Crippen LogP contribution in [0.1, 0.15) is 18.1 Å². The number of nitrogens with zero attached hydrogens (tertiary/aromatic N) is 1. The number of ether oxygens (including phenoxy) is 2. The molecule has 0 bridgehead atoms. The van der Waals surface area contributed by atoms with E-state index >= 15 is 0 Å². The van der Waals surface area contributed by atoms with Crippen LogP contribution in [-0.4, -0.2) is 56.9 Å². The number of aliphatic hydroxyl groups is 1. The number of rotatable bonds is 6. The van der Waals surface area contributed by atoms with Crippen molar-refractivity contribution in [2.45, 2.75) is 18.6 Å². The first-order valence-corrected chi connectivity index (χ1v) is 7.00. The molecule has 1 fully saturated rings. The summed E-state index contributed by atoms with van der Waals surface area (Å²) in [4.78, 5) is 2.25. The average Bonchev–Trinajstić information content (AvgIpc) is 2.84. The molecule has 2 rings (SSSR count). The van der Waals surface area contributed by atoms with Gasteiger partial charge in [-0.3, -0.25) is 0 Å². The van der Waals surface area contributed by atoms with E-state index in [2.05, 4.69) is 17.3 Å². The molecule has 1 aliphatic heterocycles. The fraction of sp³-hybridized carbons (Fsp3) is 0.600. The number of benzene rings is 1. The second-order valence-electron chi connectivity index (χ2n) is 5.27. The smallest absolute Gasteiger partial charge is 0.162 e. The molecule has 2 unspecified atom stereocenters. The molecule has 0 amide bonds. The monoisotopic (exact) mass is 280 g/mol. The quantitative estimate of drug-likeness (QED) is 0.815. The largest absolute Gasteiger partial charge is 0.493 e. The van der Waals surface area contributed by atoms with Gasteiger partial charge in [-0.25, -0.2) is 0 Å². The molecule has 0 aromatic heterocycles. The molecule has 0 aliphatic carbocycles. The Morgan fingerprint density at radius 2 is 2.25 bits per heavy atom. The molecule has 1 aromatic carbocycles. The molecule has 5 heteroatoms. The van der Waals surface area contributed by atoms with Crippen molar-refractivity contribution in [2.75, 3.05) is 40.8 Å². The Balaban J connectivity index is 2.14. The fourth-order valence-electron chi connectivity index (χ4n) is 2.47. The van der Waals surface area contributed by atoms with E-state index in [0.29, 0.717) is 18.0 Å². The molecular weight excluding hydrogens is 256 g/mol. The van der Waals surface area contributed by atoms with Gasteiger partial charge >= 0.3 is 0 Å². The van der Waals surface area contributed by atoms with Gasteiger partial charge in [0.1, 0.15) is 6.10 Å². The van der Waals surface area contributed by atoms with Crippen LogP contribution in [0.4, 0.5) is 0 Å². The lowest BCUT2D eigenvalue weighted by molar-refractivity contribution is 0.174. The summed E-state index contributed by atoms with van der Waals surface area (Å²) >= 11 is 0. The molecule has 1 saturated heterocycles. The van der Waals surface area contributed by atoms with Gasteiger partial charge in [0.15, 0.2) is 11.5 Å². The fourth-order valence-corrected chi connectivity index (χ4v) is 2.47. The number of likely N-dealkylation sites (tertiary alicyclic amines) is 1. The number of aliphatic hydroxyl groups excluding tert-OH is 1. The highest BCUT2D eigenvalue weighted by Crippen LogP contribution is 2.32. The number of nitrogens with one attached hydrogen (secondary N) is 1. The van der Waals surface area contributed by atoms with Gasteiger partial charge in [0.25, 0.3) is 0 Å². The Morgan fingerprint density at radius 3 is 2.85 bits per heavy atom. The maximum absolute atomic E-state index is 10.0. The maximum atomic E-state index is 10.0. The minimum atomic E-state index is -0.542. The van der Waals surface area contributed by atoms with Crippen molar-refractivity contribution in [3.63, 3.8) is 0 Å². The lowest BCUT2D eigenvalue weighted by atomic mass is 10.1. The third kappa shape index (κ3) is 3.62. The van der Waals surface area contributed by atoms with Crippen LogP contribution in [0.3, 0.4) is 0 Å². The highest BCUT2D eigenvalue weighted by molar-refractivity contribution is 5.43. The van der Waals surface area contributed by atoms with Crippen molar-refractivity contribution in [2.24, 2.45) is 0 Å². The van der Waals surface area contributed by atoms with Gasteiger partial charge in [-0.05, 0) is 38.2 Å². The molecule has 2 N–H and O–H groups in total. The van der Waals surface area contributed by atoms with Crippen molar-refractivity contribution < 1.29 is 14.6 Å². The van der Waals surface area contributed by atoms with E-state index in [1.165, 1.54) is 0 Å². The Bertz CT molecular complexity index is 439. The van der Waals surface area contributed by atoms with E-state index < -0.39 is 6.10 Å². The van der Waals surface area contributed by atoms with Crippen LogP contribution in [0, 0.1) is 0 Å². The highest BCUT2D eigenvalue weighted by atomic mass is 16.5. The summed E-state index contributed by atoms with van der Waals surface area (Å²) in [7, 11) is 5.54. The van der Waals surface area contributed by atoms with Gasteiger partial charge in [-0.15, -0.1) is 0 Å². The molecule has 2 atom stereocenters. The summed E-state index contributed by atoms with van der Waals surface area (Å²) in [5, 5.41) is 13.0. The van der Waals surface area contributed by atoms with E-state index in [-0.39, 0.29) is 6.10 Å². The summed E-state index contributed by atoms with van der Waals surface area (Å²) < 4.78 is 11.4. The zero-order valence-electron chi connectivity index (χ0n) is 12.4. The summed E-state index contributed by atoms with van der Waals surface area (Å²) in [6, 6.07) is 5.59. The summed E-state index contributed by atoms with van der Waals surface area (Å²) in [6.45, 7) is 2.49. The molecule has 0 saturated carbocycles. The van der Waals surface area contributed by atoms with E-state index in [4.69, 9.17) is 9.47 Å². The van der Waals surface area contributed by atoms with E-state index in [0.717, 1.165) is 25.1 Å². The molecular formula is C15H24N2O3. The van der Waals surface area contributed by atoms with Crippen LogP contribution >= 0.6 is 0 Å². The van der Waals surface area contributed by atoms with E-state index in [1.807, 2.05) is 25.2 Å². The average molecular weight is 280 g/mol. The van der Waals surface area contributed by atoms with Crippen molar-refractivity contribution in [1.29, 1.82) is 0 Å². The second kappa shape index (κ2) is 6.92. The first-order valence-electron chi connectivity index (χ1n) is 7.00. The van der Waals surface area contributed by atoms with Crippen LogP contribution in [0.15, 0.2) is 18.2 Å². The minimum Gasteiger partial charge on any atom is -0.493 e. The first kappa shape index (κ1) is 15.1. The minimum absolute atomic E-state index is 0.186. The van der Waals surface area contributed by atoms with Gasteiger partial charge < -0.3 is 24.8 Å². The third-order valence-electron chi connectivity index (χ3n) is 3.61. The summed E-state index contributed by atoms with van der Waals surface area (Å²) in [5.41, 5.74) is 0.835. The molecule has 112 valence electrons. The van der Waals surface area contributed by atoms with Gasteiger partial charge in [0, 0.05) is 19.6 Å². The van der Waals surface area contributed by atoms with Crippen molar-refractivity contribution >= 4 is 0 Å². The number of likely N-dealkylation sites (N-methyl/N-ethyl adjacent to an activating group) is 2. The molecule has 0 radical (unpaired) electrons. The summed E-state index contributed by atoms with van der Waals surface area (Å²) in [5.74, 6) is 1.42. The summed E-state index contributed by atoms with van der Waals surface area (Å²) in [6.07, 6.45) is 0.660. The Morgan fingerprint density at radius 1 is 1.45 bits per heavy atom. The molecule has 5 nitrogen and oxygen atoms in total. The van der Waals surface area contributed by atoms with Crippen LogP contribution in [0.5, 0.6) is 11.5 Å². The number of hydrogen-bond donors (Lipinski definition) is 2. The van der Waals surface area contributed by atoms with Crippen molar-refractivity contribution in [3.8, 4) is 11.5 Å². The Kier molecular flexibility index (Phi) is 5.23. The zero-order chi connectivity index (χ0) is 14.5. The maximum Gasteiger partial charge on any atom is 0.162 e. The zero-order valence-corrected chi connectivity index (χ0v) is 12.4. The first-order chi connectivity index (χ1) is 9.63. The topological polar surface area (TPSA) is 54.0 Å². The van der Waals surface area contributed by atoms with E-state index in [1.54, 1.807) is 7.11 Å².